The number of rotatable bonds is 1. The Hall–Kier alpha value is -0.570. The zero-order chi connectivity index (χ0) is 6.69. The van der Waals surface area contributed by atoms with Gasteiger partial charge in [-0.25, -0.2) is 0 Å². The third-order valence-corrected chi connectivity index (χ3v) is 1.45. The lowest BCUT2D eigenvalue weighted by molar-refractivity contribution is -0.638. The lowest BCUT2D eigenvalue weighted by atomic mass is 10.3. The molecule has 1 rings (SSSR count). The molecule has 3 heteroatoms. The fourth-order valence-electron chi connectivity index (χ4n) is 1.07. The predicted molar refractivity (Wildman–Crippen MR) is 31.8 cm³/mol. The third kappa shape index (κ3) is 2.01. The average Bonchev–Trinajstić information content (AvgIpc) is 2.15. The van der Waals surface area contributed by atoms with Crippen molar-refractivity contribution in [2.24, 2.45) is 0 Å². The van der Waals surface area contributed by atoms with Gasteiger partial charge in [0.25, 0.3) is 0 Å². The van der Waals surface area contributed by atoms with Crippen LogP contribution in [-0.4, -0.2) is 25.2 Å². The summed E-state index contributed by atoms with van der Waals surface area (Å²) in [5, 5.41) is 2.16. The molecule has 0 aromatic heterocycles. The van der Waals surface area contributed by atoms with Gasteiger partial charge < -0.3 is 10.1 Å². The summed E-state index contributed by atoms with van der Waals surface area (Å²) < 4.78 is 4.94. The molecule has 1 fully saturated rings. The van der Waals surface area contributed by atoms with Gasteiger partial charge in [-0.3, -0.25) is 4.79 Å². The van der Waals surface area contributed by atoms with E-state index in [-0.39, 0.29) is 12.1 Å². The molecular weight excluding hydrogens is 118 g/mol. The maximum Gasteiger partial charge on any atom is 0.303 e. The molecule has 1 unspecified atom stereocenters. The van der Waals surface area contributed by atoms with Crippen LogP contribution in [0.3, 0.4) is 0 Å². The van der Waals surface area contributed by atoms with Crippen molar-refractivity contribution in [1.29, 1.82) is 0 Å². The van der Waals surface area contributed by atoms with E-state index >= 15 is 0 Å². The SMILES string of the molecule is CC(=O)OC1CC[NH2+]C1. The molecule has 1 aliphatic heterocycles. The highest BCUT2D eigenvalue weighted by Gasteiger charge is 2.19. The van der Waals surface area contributed by atoms with Gasteiger partial charge in [0.1, 0.15) is 6.54 Å². The molecule has 3 nitrogen and oxygen atoms in total. The predicted octanol–water partition coefficient (Wildman–Crippen LogP) is -1.11. The second-order valence-electron chi connectivity index (χ2n) is 2.33. The topological polar surface area (TPSA) is 42.9 Å². The van der Waals surface area contributed by atoms with Crippen LogP contribution in [0.5, 0.6) is 0 Å². The standard InChI is InChI=1S/C6H11NO2/c1-5(8)9-6-2-3-7-4-6/h6-7H,2-4H2,1H3/p+1. The summed E-state index contributed by atoms with van der Waals surface area (Å²) in [5.41, 5.74) is 0. The van der Waals surface area contributed by atoms with E-state index in [0.717, 1.165) is 19.5 Å². The molecule has 0 aromatic rings. The van der Waals surface area contributed by atoms with E-state index in [2.05, 4.69) is 5.32 Å². The van der Waals surface area contributed by atoms with Gasteiger partial charge in [-0.05, 0) is 0 Å². The normalized spacial score (nSPS) is 26.1. The molecule has 1 heterocycles. The molecule has 1 aliphatic rings. The van der Waals surface area contributed by atoms with Crippen LogP contribution in [0.15, 0.2) is 0 Å². The second kappa shape index (κ2) is 2.82. The summed E-state index contributed by atoms with van der Waals surface area (Å²) in [6.07, 6.45) is 1.20. The first-order valence-corrected chi connectivity index (χ1v) is 3.28. The Balaban J connectivity index is 2.19. The largest absolute Gasteiger partial charge is 0.456 e. The summed E-state index contributed by atoms with van der Waals surface area (Å²) in [6, 6.07) is 0. The van der Waals surface area contributed by atoms with Crippen molar-refractivity contribution in [2.45, 2.75) is 19.4 Å². The Bertz CT molecular complexity index is 108. The van der Waals surface area contributed by atoms with Gasteiger partial charge >= 0.3 is 5.97 Å². The highest BCUT2D eigenvalue weighted by Crippen LogP contribution is 1.97. The van der Waals surface area contributed by atoms with Gasteiger partial charge in [-0.2, -0.15) is 0 Å². The molecule has 0 aliphatic carbocycles. The van der Waals surface area contributed by atoms with E-state index in [1.54, 1.807) is 0 Å². The zero-order valence-electron chi connectivity index (χ0n) is 5.59. The van der Waals surface area contributed by atoms with E-state index in [9.17, 15) is 4.79 Å². The van der Waals surface area contributed by atoms with Gasteiger partial charge in [0.15, 0.2) is 6.10 Å². The molecule has 0 spiro atoms. The lowest BCUT2D eigenvalue weighted by Crippen LogP contribution is -2.81. The first-order chi connectivity index (χ1) is 4.29. The molecule has 2 N–H and O–H groups in total. The molecule has 1 saturated heterocycles. The summed E-state index contributed by atoms with van der Waals surface area (Å²) in [7, 11) is 0. The van der Waals surface area contributed by atoms with Crippen LogP contribution < -0.4 is 5.32 Å². The number of ether oxygens (including phenoxy) is 1. The number of esters is 1. The van der Waals surface area contributed by atoms with Crippen molar-refractivity contribution in [3.8, 4) is 0 Å². The van der Waals surface area contributed by atoms with Crippen molar-refractivity contribution < 1.29 is 14.8 Å². The lowest BCUT2D eigenvalue weighted by Gasteiger charge is -2.04. The van der Waals surface area contributed by atoms with Crippen LogP contribution in [0.25, 0.3) is 0 Å². The van der Waals surface area contributed by atoms with Crippen LogP contribution in [0.1, 0.15) is 13.3 Å². The smallest absolute Gasteiger partial charge is 0.303 e. The Morgan fingerprint density at radius 3 is 3.00 bits per heavy atom. The van der Waals surface area contributed by atoms with Crippen LogP contribution in [0.4, 0.5) is 0 Å². The second-order valence-corrected chi connectivity index (χ2v) is 2.33. The zero-order valence-corrected chi connectivity index (χ0v) is 5.59. The van der Waals surface area contributed by atoms with E-state index in [0.29, 0.717) is 0 Å². The molecule has 0 amide bonds. The monoisotopic (exact) mass is 130 g/mol. The molecule has 1 atom stereocenters. The molecule has 9 heavy (non-hydrogen) atoms. The van der Waals surface area contributed by atoms with Crippen molar-refractivity contribution in [2.75, 3.05) is 13.1 Å². The number of hydrogen-bond acceptors (Lipinski definition) is 2. The van der Waals surface area contributed by atoms with Gasteiger partial charge in [0.05, 0.1) is 6.54 Å². The van der Waals surface area contributed by atoms with Gasteiger partial charge in [-0.1, -0.05) is 0 Å². The number of quaternary nitrogens is 1. The minimum absolute atomic E-state index is 0.157. The first kappa shape index (κ1) is 6.55. The van der Waals surface area contributed by atoms with Crippen molar-refractivity contribution in [1.82, 2.24) is 0 Å². The Labute approximate surface area is 54.4 Å². The molecular formula is C6H12NO2+. The van der Waals surface area contributed by atoms with Gasteiger partial charge in [0.2, 0.25) is 0 Å². The van der Waals surface area contributed by atoms with Gasteiger partial charge in [-0.15, -0.1) is 0 Å². The van der Waals surface area contributed by atoms with Crippen molar-refractivity contribution in [3.05, 3.63) is 0 Å². The number of nitrogens with two attached hydrogens (primary N) is 1. The molecule has 0 saturated carbocycles. The molecule has 52 valence electrons. The maximum absolute atomic E-state index is 10.4. The van der Waals surface area contributed by atoms with Crippen LogP contribution in [0, 0.1) is 0 Å². The number of carbonyl (C=O) groups excluding carboxylic acids is 1. The maximum atomic E-state index is 10.4. The van der Waals surface area contributed by atoms with Crippen LogP contribution in [0.2, 0.25) is 0 Å². The van der Waals surface area contributed by atoms with Crippen LogP contribution in [-0.2, 0) is 9.53 Å². The summed E-state index contributed by atoms with van der Waals surface area (Å²) in [4.78, 5) is 10.4. The molecule has 0 bridgehead atoms. The molecule has 0 aromatic carbocycles. The van der Waals surface area contributed by atoms with E-state index in [4.69, 9.17) is 4.74 Å². The van der Waals surface area contributed by atoms with Crippen LogP contribution >= 0.6 is 0 Å². The fourth-order valence-corrected chi connectivity index (χ4v) is 1.07. The van der Waals surface area contributed by atoms with Crippen molar-refractivity contribution >= 4 is 5.97 Å². The Morgan fingerprint density at radius 2 is 2.56 bits per heavy atom. The van der Waals surface area contributed by atoms with Crippen molar-refractivity contribution in [3.63, 3.8) is 0 Å². The average molecular weight is 130 g/mol. The number of carbonyl (C=O) groups is 1. The van der Waals surface area contributed by atoms with E-state index in [1.807, 2.05) is 0 Å². The summed E-state index contributed by atoms with van der Waals surface area (Å²) >= 11 is 0. The minimum atomic E-state index is -0.157. The highest BCUT2D eigenvalue weighted by atomic mass is 16.5. The number of hydrogen-bond donors (Lipinski definition) is 1. The first-order valence-electron chi connectivity index (χ1n) is 3.28. The summed E-state index contributed by atoms with van der Waals surface area (Å²) in [5.74, 6) is -0.157. The van der Waals surface area contributed by atoms with E-state index < -0.39 is 0 Å². The quantitative estimate of drug-likeness (QED) is 0.457. The Kier molecular flexibility index (Phi) is 2.05. The molecule has 0 radical (unpaired) electrons. The summed E-state index contributed by atoms with van der Waals surface area (Å²) in [6.45, 7) is 3.50. The fraction of sp³-hybridized carbons (Fsp3) is 0.833. The Morgan fingerprint density at radius 1 is 1.78 bits per heavy atom. The van der Waals surface area contributed by atoms with E-state index in [1.165, 1.54) is 6.92 Å². The highest BCUT2D eigenvalue weighted by molar-refractivity contribution is 5.66. The van der Waals surface area contributed by atoms with Gasteiger partial charge in [0, 0.05) is 13.3 Å². The minimum Gasteiger partial charge on any atom is -0.456 e. The third-order valence-electron chi connectivity index (χ3n) is 1.45.